The number of carbonyl (C=O) groups excluding carboxylic acids is 1. The zero-order valence-corrected chi connectivity index (χ0v) is 17.1. The van der Waals surface area contributed by atoms with E-state index in [4.69, 9.17) is 17.0 Å². The number of ether oxygens (including phenoxy) is 1. The number of esters is 1. The van der Waals surface area contributed by atoms with Gasteiger partial charge in [0.15, 0.2) is 5.69 Å². The number of nitrogens with two attached hydrogens (primary N) is 1. The Bertz CT molecular complexity index is 1290. The van der Waals surface area contributed by atoms with Crippen LogP contribution in [0.5, 0.6) is 5.75 Å². The van der Waals surface area contributed by atoms with Crippen molar-refractivity contribution in [1.29, 1.82) is 0 Å². The lowest BCUT2D eigenvalue weighted by Crippen LogP contribution is -2.11. The molecule has 4 aromatic carbocycles. The standard InChI is InChI=1S/C27H19FN2O2/c1-30-23-11-5-19(6-12-23)20-7-13-24(14-8-20)32-27(31)17-18-2-15-25(26(28)16-18)21-3-9-22(29)10-4-21/h2-16H,17,29H2. The Morgan fingerprint density at radius 2 is 1.44 bits per heavy atom. The lowest BCUT2D eigenvalue weighted by Gasteiger charge is -2.08. The molecular weight excluding hydrogens is 403 g/mol. The minimum atomic E-state index is -0.473. The molecule has 0 bridgehead atoms. The van der Waals surface area contributed by atoms with Crippen LogP contribution >= 0.6 is 0 Å². The average Bonchev–Trinajstić information content (AvgIpc) is 2.80. The maximum atomic E-state index is 14.6. The van der Waals surface area contributed by atoms with Crippen molar-refractivity contribution < 1.29 is 13.9 Å². The molecule has 32 heavy (non-hydrogen) atoms. The predicted molar refractivity (Wildman–Crippen MR) is 124 cm³/mol. The van der Waals surface area contributed by atoms with Crippen molar-refractivity contribution in [2.75, 3.05) is 5.73 Å². The second-order valence-electron chi connectivity index (χ2n) is 7.27. The first-order chi connectivity index (χ1) is 15.5. The zero-order valence-electron chi connectivity index (χ0n) is 17.1. The molecule has 0 fully saturated rings. The third-order valence-corrected chi connectivity index (χ3v) is 5.02. The zero-order chi connectivity index (χ0) is 22.5. The van der Waals surface area contributed by atoms with Gasteiger partial charge in [0.05, 0.1) is 13.0 Å². The maximum Gasteiger partial charge on any atom is 0.315 e. The van der Waals surface area contributed by atoms with E-state index in [9.17, 15) is 9.18 Å². The summed E-state index contributed by atoms with van der Waals surface area (Å²) in [5, 5.41) is 0. The molecule has 0 saturated heterocycles. The molecular formula is C27H19FN2O2. The molecule has 0 amide bonds. The van der Waals surface area contributed by atoms with E-state index in [0.717, 1.165) is 16.7 Å². The van der Waals surface area contributed by atoms with E-state index in [-0.39, 0.29) is 6.42 Å². The Kier molecular flexibility index (Phi) is 5.96. The van der Waals surface area contributed by atoms with Crippen LogP contribution in [0.4, 0.5) is 15.8 Å². The predicted octanol–water partition coefficient (Wildman–Crippen LogP) is 6.44. The average molecular weight is 422 g/mol. The van der Waals surface area contributed by atoms with E-state index in [0.29, 0.717) is 28.3 Å². The number of rotatable bonds is 5. The Hall–Kier alpha value is -4.43. The van der Waals surface area contributed by atoms with Crippen molar-refractivity contribution in [3.8, 4) is 28.0 Å². The first-order valence-corrected chi connectivity index (χ1v) is 9.95. The van der Waals surface area contributed by atoms with E-state index in [1.807, 2.05) is 24.3 Å². The van der Waals surface area contributed by atoms with Crippen LogP contribution in [-0.4, -0.2) is 5.97 Å². The summed E-state index contributed by atoms with van der Waals surface area (Å²) in [6, 6.07) is 26.0. The number of anilines is 1. The minimum absolute atomic E-state index is 0.0429. The second kappa shape index (κ2) is 9.15. The van der Waals surface area contributed by atoms with Gasteiger partial charge in [0.1, 0.15) is 11.6 Å². The summed E-state index contributed by atoms with van der Waals surface area (Å²) in [7, 11) is 0. The summed E-state index contributed by atoms with van der Waals surface area (Å²) >= 11 is 0. The highest BCUT2D eigenvalue weighted by Gasteiger charge is 2.11. The third kappa shape index (κ3) is 4.82. The van der Waals surface area contributed by atoms with Gasteiger partial charge in [-0.1, -0.05) is 60.7 Å². The van der Waals surface area contributed by atoms with Gasteiger partial charge in [-0.05, 0) is 52.6 Å². The lowest BCUT2D eigenvalue weighted by molar-refractivity contribution is -0.133. The number of nitrogens with zero attached hydrogens (tertiary/aromatic N) is 1. The van der Waals surface area contributed by atoms with Crippen LogP contribution in [-0.2, 0) is 11.2 Å². The highest BCUT2D eigenvalue weighted by atomic mass is 19.1. The van der Waals surface area contributed by atoms with E-state index in [1.54, 1.807) is 60.7 Å². The lowest BCUT2D eigenvalue weighted by atomic mass is 10.0. The van der Waals surface area contributed by atoms with Crippen LogP contribution in [0.3, 0.4) is 0 Å². The molecule has 2 N–H and O–H groups in total. The normalized spacial score (nSPS) is 10.4. The first kappa shape index (κ1) is 20.8. The number of hydrogen-bond donors (Lipinski definition) is 1. The summed E-state index contributed by atoms with van der Waals surface area (Å²) in [6.07, 6.45) is -0.0429. The van der Waals surface area contributed by atoms with Crippen molar-refractivity contribution >= 4 is 17.3 Å². The van der Waals surface area contributed by atoms with Crippen LogP contribution in [0.25, 0.3) is 27.1 Å². The van der Waals surface area contributed by atoms with Gasteiger partial charge in [0.2, 0.25) is 0 Å². The Labute approximate surface area is 185 Å². The van der Waals surface area contributed by atoms with Gasteiger partial charge >= 0.3 is 5.97 Å². The number of halogens is 1. The molecule has 0 unspecified atom stereocenters. The molecule has 4 rings (SSSR count). The second-order valence-corrected chi connectivity index (χ2v) is 7.27. The van der Waals surface area contributed by atoms with Crippen LogP contribution in [0.2, 0.25) is 0 Å². The molecule has 4 aromatic rings. The van der Waals surface area contributed by atoms with Crippen LogP contribution in [0, 0.1) is 12.4 Å². The molecule has 5 heteroatoms. The summed E-state index contributed by atoms with van der Waals surface area (Å²) in [4.78, 5) is 15.7. The van der Waals surface area contributed by atoms with Crippen LogP contribution < -0.4 is 10.5 Å². The number of benzene rings is 4. The molecule has 0 saturated carbocycles. The molecule has 0 heterocycles. The van der Waals surface area contributed by atoms with Gasteiger partial charge < -0.3 is 10.5 Å². The summed E-state index contributed by atoms with van der Waals surface area (Å²) in [5.74, 6) is -0.469. The van der Waals surface area contributed by atoms with Crippen molar-refractivity contribution in [3.63, 3.8) is 0 Å². The van der Waals surface area contributed by atoms with Crippen molar-refractivity contribution in [1.82, 2.24) is 0 Å². The number of nitrogen functional groups attached to an aromatic ring is 1. The number of carbonyl (C=O) groups is 1. The minimum Gasteiger partial charge on any atom is -0.426 e. The molecule has 0 aromatic heterocycles. The fourth-order valence-corrected chi connectivity index (χ4v) is 3.34. The fourth-order valence-electron chi connectivity index (χ4n) is 3.34. The summed E-state index contributed by atoms with van der Waals surface area (Å²) < 4.78 is 20.0. The largest absolute Gasteiger partial charge is 0.426 e. The van der Waals surface area contributed by atoms with Crippen LogP contribution in [0.1, 0.15) is 5.56 Å². The van der Waals surface area contributed by atoms with Crippen molar-refractivity contribution in [3.05, 3.63) is 114 Å². The van der Waals surface area contributed by atoms with Crippen LogP contribution in [0.15, 0.2) is 91.0 Å². The molecule has 0 aliphatic heterocycles. The topological polar surface area (TPSA) is 56.7 Å². The molecule has 0 atom stereocenters. The fraction of sp³-hybridized carbons (Fsp3) is 0.0370. The summed E-state index contributed by atoms with van der Waals surface area (Å²) in [5.41, 5.74) is 10.5. The highest BCUT2D eigenvalue weighted by molar-refractivity contribution is 5.76. The van der Waals surface area contributed by atoms with Crippen molar-refractivity contribution in [2.24, 2.45) is 0 Å². The van der Waals surface area contributed by atoms with Crippen molar-refractivity contribution in [2.45, 2.75) is 6.42 Å². The smallest absolute Gasteiger partial charge is 0.315 e. The van der Waals surface area contributed by atoms with Gasteiger partial charge in [0, 0.05) is 11.3 Å². The van der Waals surface area contributed by atoms with Gasteiger partial charge in [0.25, 0.3) is 0 Å². The maximum absolute atomic E-state index is 14.6. The SMILES string of the molecule is [C-]#[N+]c1ccc(-c2ccc(OC(=O)Cc3ccc(-c4ccc(N)cc4)c(F)c3)cc2)cc1. The number of hydrogen-bond acceptors (Lipinski definition) is 3. The quantitative estimate of drug-likeness (QED) is 0.174. The Morgan fingerprint density at radius 3 is 2.03 bits per heavy atom. The van der Waals surface area contributed by atoms with E-state index < -0.39 is 11.8 Å². The Morgan fingerprint density at radius 1 is 0.844 bits per heavy atom. The summed E-state index contributed by atoms with van der Waals surface area (Å²) in [6.45, 7) is 7.01. The Balaban J connectivity index is 1.40. The van der Waals surface area contributed by atoms with E-state index >= 15 is 0 Å². The molecule has 0 aliphatic rings. The van der Waals surface area contributed by atoms with Gasteiger partial charge in [-0.3, -0.25) is 4.79 Å². The molecule has 0 aliphatic carbocycles. The molecule has 0 spiro atoms. The molecule has 0 radical (unpaired) electrons. The highest BCUT2D eigenvalue weighted by Crippen LogP contribution is 2.26. The van der Waals surface area contributed by atoms with Gasteiger partial charge in [-0.25, -0.2) is 9.24 Å². The third-order valence-electron chi connectivity index (χ3n) is 5.02. The van der Waals surface area contributed by atoms with E-state index in [1.165, 1.54) is 6.07 Å². The van der Waals surface area contributed by atoms with Gasteiger partial charge in [-0.15, -0.1) is 0 Å². The van der Waals surface area contributed by atoms with Gasteiger partial charge in [-0.2, -0.15) is 0 Å². The molecule has 156 valence electrons. The monoisotopic (exact) mass is 422 g/mol. The first-order valence-electron chi connectivity index (χ1n) is 9.95. The molecule has 4 nitrogen and oxygen atoms in total. The van der Waals surface area contributed by atoms with E-state index in [2.05, 4.69) is 4.85 Å².